The van der Waals surface area contributed by atoms with Crippen LogP contribution in [-0.4, -0.2) is 7.11 Å². The minimum Gasteiger partial charge on any atom is -0.489 e. The number of methoxy groups -OCH3 is 1. The standard InChI is InChI=1S/C16H14F4O2/c1-21-9-11-4-2-6-13(8-11)22-10-12-5-3-7-14(15(12)17)16(18,19)20/h2-8H,9-10H2,1H3. The fourth-order valence-corrected chi connectivity index (χ4v) is 1.96. The molecule has 22 heavy (non-hydrogen) atoms. The van der Waals surface area contributed by atoms with E-state index >= 15 is 0 Å². The molecule has 0 fully saturated rings. The average molecular weight is 314 g/mol. The fraction of sp³-hybridized carbons (Fsp3) is 0.250. The molecule has 0 radical (unpaired) electrons. The first kappa shape index (κ1) is 16.3. The van der Waals surface area contributed by atoms with Gasteiger partial charge in [-0.15, -0.1) is 0 Å². The molecule has 0 atom stereocenters. The van der Waals surface area contributed by atoms with Crippen molar-refractivity contribution in [3.63, 3.8) is 0 Å². The third kappa shape index (κ3) is 3.98. The lowest BCUT2D eigenvalue weighted by Crippen LogP contribution is -2.11. The van der Waals surface area contributed by atoms with E-state index in [-0.39, 0.29) is 12.2 Å². The van der Waals surface area contributed by atoms with Crippen molar-refractivity contribution in [2.45, 2.75) is 19.4 Å². The van der Waals surface area contributed by atoms with Crippen molar-refractivity contribution in [2.75, 3.05) is 7.11 Å². The van der Waals surface area contributed by atoms with Crippen LogP contribution in [0.5, 0.6) is 5.75 Å². The van der Waals surface area contributed by atoms with Gasteiger partial charge < -0.3 is 9.47 Å². The maximum absolute atomic E-state index is 13.9. The minimum absolute atomic E-state index is 0.146. The number of ether oxygens (including phenoxy) is 2. The van der Waals surface area contributed by atoms with Crippen LogP contribution in [0.4, 0.5) is 17.6 Å². The molecule has 2 nitrogen and oxygen atoms in total. The Kier molecular flexibility index (Phi) is 5.03. The normalized spacial score (nSPS) is 11.5. The Labute approximate surface area is 125 Å². The zero-order chi connectivity index (χ0) is 16.2. The smallest absolute Gasteiger partial charge is 0.419 e. The van der Waals surface area contributed by atoms with E-state index in [1.165, 1.54) is 6.07 Å². The van der Waals surface area contributed by atoms with E-state index < -0.39 is 17.6 Å². The molecule has 0 N–H and O–H groups in total. The summed E-state index contributed by atoms with van der Waals surface area (Å²) in [5.74, 6) is -0.866. The van der Waals surface area contributed by atoms with Gasteiger partial charge >= 0.3 is 6.18 Å². The zero-order valence-corrected chi connectivity index (χ0v) is 11.8. The van der Waals surface area contributed by atoms with Crippen LogP contribution in [-0.2, 0) is 24.1 Å². The maximum atomic E-state index is 13.9. The summed E-state index contributed by atoms with van der Waals surface area (Å²) in [4.78, 5) is 0. The van der Waals surface area contributed by atoms with Gasteiger partial charge in [0.25, 0.3) is 0 Å². The summed E-state index contributed by atoms with van der Waals surface area (Å²) in [6.07, 6.45) is -4.72. The third-order valence-electron chi connectivity index (χ3n) is 2.99. The molecular weight excluding hydrogens is 300 g/mol. The molecule has 2 aromatic rings. The van der Waals surface area contributed by atoms with E-state index in [9.17, 15) is 17.6 Å². The highest BCUT2D eigenvalue weighted by molar-refractivity contribution is 5.30. The molecule has 0 amide bonds. The lowest BCUT2D eigenvalue weighted by molar-refractivity contribution is -0.140. The van der Waals surface area contributed by atoms with E-state index in [4.69, 9.17) is 9.47 Å². The first-order chi connectivity index (χ1) is 10.4. The molecular formula is C16H14F4O2. The van der Waals surface area contributed by atoms with Crippen LogP contribution in [0.15, 0.2) is 42.5 Å². The highest BCUT2D eigenvalue weighted by atomic mass is 19.4. The lowest BCUT2D eigenvalue weighted by atomic mass is 10.1. The molecule has 0 aliphatic carbocycles. The SMILES string of the molecule is COCc1cccc(OCc2cccc(C(F)(F)F)c2F)c1. The summed E-state index contributed by atoms with van der Waals surface area (Å²) in [5, 5.41) is 0. The summed E-state index contributed by atoms with van der Waals surface area (Å²) < 4.78 is 62.1. The van der Waals surface area contributed by atoms with Gasteiger partial charge in [-0.1, -0.05) is 24.3 Å². The summed E-state index contributed by atoms with van der Waals surface area (Å²) >= 11 is 0. The van der Waals surface area contributed by atoms with Crippen molar-refractivity contribution in [3.05, 3.63) is 65.0 Å². The Hall–Kier alpha value is -2.08. The highest BCUT2D eigenvalue weighted by Crippen LogP contribution is 2.32. The minimum atomic E-state index is -4.72. The second-order valence-electron chi connectivity index (χ2n) is 4.65. The largest absolute Gasteiger partial charge is 0.489 e. The number of benzene rings is 2. The topological polar surface area (TPSA) is 18.5 Å². The van der Waals surface area contributed by atoms with Crippen molar-refractivity contribution in [1.82, 2.24) is 0 Å². The molecule has 0 aromatic heterocycles. The first-order valence-corrected chi connectivity index (χ1v) is 6.47. The molecule has 6 heteroatoms. The molecule has 0 saturated heterocycles. The van der Waals surface area contributed by atoms with Crippen LogP contribution in [0, 0.1) is 5.82 Å². The van der Waals surface area contributed by atoms with Gasteiger partial charge in [0.1, 0.15) is 18.2 Å². The Morgan fingerprint density at radius 3 is 2.41 bits per heavy atom. The van der Waals surface area contributed by atoms with E-state index in [2.05, 4.69) is 0 Å². The van der Waals surface area contributed by atoms with E-state index in [0.29, 0.717) is 18.4 Å². The predicted octanol–water partition coefficient (Wildman–Crippen LogP) is 4.57. The molecule has 2 rings (SSSR count). The highest BCUT2D eigenvalue weighted by Gasteiger charge is 2.34. The Morgan fingerprint density at radius 1 is 1.00 bits per heavy atom. The van der Waals surface area contributed by atoms with Crippen LogP contribution >= 0.6 is 0 Å². The second kappa shape index (κ2) is 6.79. The monoisotopic (exact) mass is 314 g/mol. The summed E-state index contributed by atoms with van der Waals surface area (Å²) in [6, 6.07) is 10.0. The van der Waals surface area contributed by atoms with Crippen molar-refractivity contribution in [3.8, 4) is 5.75 Å². The average Bonchev–Trinajstić information content (AvgIpc) is 2.46. The molecule has 0 heterocycles. The van der Waals surface area contributed by atoms with E-state index in [1.807, 2.05) is 6.07 Å². The first-order valence-electron chi connectivity index (χ1n) is 6.47. The van der Waals surface area contributed by atoms with E-state index in [1.54, 1.807) is 25.3 Å². The second-order valence-corrected chi connectivity index (χ2v) is 4.65. The van der Waals surface area contributed by atoms with Gasteiger partial charge in [-0.25, -0.2) is 4.39 Å². The van der Waals surface area contributed by atoms with Crippen LogP contribution in [0.3, 0.4) is 0 Å². The van der Waals surface area contributed by atoms with Crippen LogP contribution < -0.4 is 4.74 Å². The molecule has 0 unspecified atom stereocenters. The fourth-order valence-electron chi connectivity index (χ4n) is 1.96. The van der Waals surface area contributed by atoms with Crippen molar-refractivity contribution < 1.29 is 27.0 Å². The molecule has 0 bridgehead atoms. The molecule has 0 spiro atoms. The molecule has 2 aromatic carbocycles. The van der Waals surface area contributed by atoms with Gasteiger partial charge in [-0.3, -0.25) is 0 Å². The third-order valence-corrected chi connectivity index (χ3v) is 2.99. The van der Waals surface area contributed by atoms with Gasteiger partial charge in [-0.05, 0) is 23.8 Å². The maximum Gasteiger partial charge on any atom is 0.419 e. The quantitative estimate of drug-likeness (QED) is 0.753. The lowest BCUT2D eigenvalue weighted by Gasteiger charge is -2.12. The van der Waals surface area contributed by atoms with Crippen molar-refractivity contribution in [2.24, 2.45) is 0 Å². The van der Waals surface area contributed by atoms with Gasteiger partial charge in [-0.2, -0.15) is 13.2 Å². The van der Waals surface area contributed by atoms with Gasteiger partial charge in [0, 0.05) is 12.7 Å². The van der Waals surface area contributed by atoms with Crippen molar-refractivity contribution in [1.29, 1.82) is 0 Å². The predicted molar refractivity (Wildman–Crippen MR) is 72.9 cm³/mol. The van der Waals surface area contributed by atoms with Crippen LogP contribution in [0.2, 0.25) is 0 Å². The summed E-state index contributed by atoms with van der Waals surface area (Å²) in [6.45, 7) is 0.0985. The number of hydrogen-bond acceptors (Lipinski definition) is 2. The zero-order valence-electron chi connectivity index (χ0n) is 11.8. The summed E-state index contributed by atoms with van der Waals surface area (Å²) in [7, 11) is 1.55. The van der Waals surface area contributed by atoms with Gasteiger partial charge in [0.05, 0.1) is 12.2 Å². The molecule has 0 aliphatic rings. The molecule has 0 aliphatic heterocycles. The summed E-state index contributed by atoms with van der Waals surface area (Å²) in [5.41, 5.74) is -0.585. The van der Waals surface area contributed by atoms with Crippen LogP contribution in [0.25, 0.3) is 0 Å². The number of halogens is 4. The van der Waals surface area contributed by atoms with Gasteiger partial charge in [0.2, 0.25) is 0 Å². The Bertz CT molecular complexity index is 638. The number of hydrogen-bond donors (Lipinski definition) is 0. The molecule has 118 valence electrons. The Balaban J connectivity index is 2.14. The van der Waals surface area contributed by atoms with Crippen LogP contribution in [0.1, 0.15) is 16.7 Å². The van der Waals surface area contributed by atoms with E-state index in [0.717, 1.165) is 11.6 Å². The van der Waals surface area contributed by atoms with Gasteiger partial charge in [0.15, 0.2) is 0 Å². The number of alkyl halides is 3. The Morgan fingerprint density at radius 2 is 1.73 bits per heavy atom. The number of rotatable bonds is 5. The van der Waals surface area contributed by atoms with Crippen molar-refractivity contribution >= 4 is 0 Å². The molecule has 0 saturated carbocycles.